The first-order valence-corrected chi connectivity index (χ1v) is 39.1. The summed E-state index contributed by atoms with van der Waals surface area (Å²) in [4.78, 5) is 24.6. The minimum absolute atomic E-state index is 0.0173. The van der Waals surface area contributed by atoms with Crippen LogP contribution in [0, 0.1) is 0 Å². The van der Waals surface area contributed by atoms with Crippen LogP contribution in [0.2, 0.25) is 0 Å². The highest BCUT2D eigenvalue weighted by atomic mass is 16.5. The standard InChI is InChI=1S/C79H153NO5/c1-3-5-7-9-11-13-15-16-17-18-19-20-36-39-42-45-48-52-55-59-63-67-71-77(82)76(75-81)80-78(83)72-68-64-60-56-53-49-46-43-40-37-34-32-30-28-26-24-22-21-23-25-27-29-31-33-35-38-41-44-47-50-54-58-62-66-70-74-85-79(84)73-69-65-61-57-51-14-12-10-8-6-4-2/h23,25,29,31,76-77,81-82H,3-22,24,26-28,30,32-75H2,1-2H3,(H,80,83)/b25-23-,31-29-. The summed E-state index contributed by atoms with van der Waals surface area (Å²) in [6.45, 7) is 5.00. The van der Waals surface area contributed by atoms with Crippen LogP contribution in [0.1, 0.15) is 444 Å². The number of aliphatic hydroxyl groups is 2. The van der Waals surface area contributed by atoms with E-state index in [9.17, 15) is 19.8 Å². The number of rotatable bonds is 74. The summed E-state index contributed by atoms with van der Waals surface area (Å²) in [5, 5.41) is 23.5. The number of hydrogen-bond acceptors (Lipinski definition) is 5. The van der Waals surface area contributed by atoms with Crippen molar-refractivity contribution in [1.82, 2.24) is 5.32 Å². The number of esters is 1. The number of allylic oxidation sites excluding steroid dienone is 4. The molecule has 6 nitrogen and oxygen atoms in total. The van der Waals surface area contributed by atoms with Crippen molar-refractivity contribution in [3.8, 4) is 0 Å². The van der Waals surface area contributed by atoms with E-state index in [1.807, 2.05) is 0 Å². The molecule has 0 aromatic heterocycles. The maximum Gasteiger partial charge on any atom is 0.305 e. The number of amides is 1. The summed E-state index contributed by atoms with van der Waals surface area (Å²) >= 11 is 0. The Hall–Kier alpha value is -1.66. The van der Waals surface area contributed by atoms with Crippen LogP contribution in [0.15, 0.2) is 24.3 Å². The van der Waals surface area contributed by atoms with E-state index in [4.69, 9.17) is 4.74 Å². The van der Waals surface area contributed by atoms with Gasteiger partial charge in [0.25, 0.3) is 0 Å². The number of nitrogens with one attached hydrogen (secondary N) is 1. The Balaban J connectivity index is 3.37. The molecule has 1 amide bonds. The monoisotopic (exact) mass is 1200 g/mol. The highest BCUT2D eigenvalue weighted by molar-refractivity contribution is 5.76. The molecular weight excluding hydrogens is 1040 g/mol. The van der Waals surface area contributed by atoms with Gasteiger partial charge in [-0.15, -0.1) is 0 Å². The van der Waals surface area contributed by atoms with Gasteiger partial charge in [0, 0.05) is 12.8 Å². The third-order valence-electron chi connectivity index (χ3n) is 18.5. The molecule has 0 aliphatic heterocycles. The average molecular weight is 1200 g/mol. The maximum absolute atomic E-state index is 12.6. The molecule has 0 aromatic rings. The molecule has 504 valence electrons. The summed E-state index contributed by atoms with van der Waals surface area (Å²) in [6.07, 6.45) is 95.5. The van der Waals surface area contributed by atoms with Gasteiger partial charge in [0.2, 0.25) is 5.91 Å². The Bertz CT molecular complexity index is 1330. The molecule has 0 aromatic carbocycles. The maximum atomic E-state index is 12.6. The van der Waals surface area contributed by atoms with E-state index in [0.717, 1.165) is 44.9 Å². The molecule has 0 radical (unpaired) electrons. The molecule has 0 aliphatic rings. The summed E-state index contributed by atoms with van der Waals surface area (Å²) in [5.41, 5.74) is 0. The number of hydrogen-bond donors (Lipinski definition) is 3. The summed E-state index contributed by atoms with van der Waals surface area (Å²) in [5.74, 6) is -0.00991. The molecule has 0 saturated carbocycles. The molecule has 2 unspecified atom stereocenters. The summed E-state index contributed by atoms with van der Waals surface area (Å²) < 4.78 is 5.48. The van der Waals surface area contributed by atoms with E-state index in [1.165, 1.54) is 366 Å². The zero-order chi connectivity index (χ0) is 61.3. The van der Waals surface area contributed by atoms with Crippen LogP contribution in [0.25, 0.3) is 0 Å². The van der Waals surface area contributed by atoms with Gasteiger partial charge in [-0.1, -0.05) is 398 Å². The number of ether oxygens (including phenoxy) is 1. The molecule has 6 heteroatoms. The lowest BCUT2D eigenvalue weighted by Crippen LogP contribution is -2.45. The van der Waals surface area contributed by atoms with Crippen molar-refractivity contribution in [2.75, 3.05) is 13.2 Å². The lowest BCUT2D eigenvalue weighted by atomic mass is 10.0. The van der Waals surface area contributed by atoms with Gasteiger partial charge in [-0.3, -0.25) is 9.59 Å². The van der Waals surface area contributed by atoms with Gasteiger partial charge in [0.05, 0.1) is 25.4 Å². The first-order chi connectivity index (χ1) is 42.0. The predicted molar refractivity (Wildman–Crippen MR) is 375 cm³/mol. The van der Waals surface area contributed by atoms with Gasteiger partial charge in [0.1, 0.15) is 0 Å². The Morgan fingerprint density at radius 3 is 0.894 bits per heavy atom. The number of aliphatic hydroxyl groups excluding tert-OH is 2. The van der Waals surface area contributed by atoms with Crippen molar-refractivity contribution in [2.24, 2.45) is 0 Å². The first-order valence-electron chi connectivity index (χ1n) is 39.1. The number of carbonyl (C=O) groups is 2. The van der Waals surface area contributed by atoms with Crippen LogP contribution in [0.4, 0.5) is 0 Å². The highest BCUT2D eigenvalue weighted by Gasteiger charge is 2.20. The zero-order valence-corrected chi connectivity index (χ0v) is 57.9. The van der Waals surface area contributed by atoms with Crippen LogP contribution in [-0.2, 0) is 14.3 Å². The van der Waals surface area contributed by atoms with E-state index >= 15 is 0 Å². The second-order valence-corrected chi connectivity index (χ2v) is 27.0. The predicted octanol–water partition coefficient (Wildman–Crippen LogP) is 25.7. The average Bonchev–Trinajstić information content (AvgIpc) is 3.55. The SMILES string of the molecule is CCCCCCCCCCCCCCCCCCCCCCCCC(O)C(CO)NC(=O)CCCCCCCCCCCCCCCCCCC/C=C\C/C=C\CCCCCCCCCCCCCOC(=O)CCCCCCCCCCCCC. The van der Waals surface area contributed by atoms with Gasteiger partial charge in [-0.2, -0.15) is 0 Å². The minimum atomic E-state index is -0.664. The molecule has 3 N–H and O–H groups in total. The van der Waals surface area contributed by atoms with Crippen molar-refractivity contribution in [1.29, 1.82) is 0 Å². The van der Waals surface area contributed by atoms with Gasteiger partial charge in [-0.25, -0.2) is 0 Å². The molecule has 0 rings (SSSR count). The van der Waals surface area contributed by atoms with Crippen molar-refractivity contribution >= 4 is 11.9 Å². The Morgan fingerprint density at radius 2 is 0.588 bits per heavy atom. The van der Waals surface area contributed by atoms with Crippen molar-refractivity contribution < 1.29 is 24.5 Å². The largest absolute Gasteiger partial charge is 0.466 e. The Labute approximate surface area is 532 Å². The fourth-order valence-electron chi connectivity index (χ4n) is 12.6. The minimum Gasteiger partial charge on any atom is -0.466 e. The van der Waals surface area contributed by atoms with Crippen LogP contribution in [0.5, 0.6) is 0 Å². The molecular formula is C79H153NO5. The van der Waals surface area contributed by atoms with Crippen LogP contribution >= 0.6 is 0 Å². The molecule has 2 atom stereocenters. The third-order valence-corrected chi connectivity index (χ3v) is 18.5. The number of unbranched alkanes of at least 4 members (excludes halogenated alkanes) is 59. The lowest BCUT2D eigenvalue weighted by Gasteiger charge is -2.22. The van der Waals surface area contributed by atoms with Crippen LogP contribution in [-0.4, -0.2) is 47.4 Å². The zero-order valence-electron chi connectivity index (χ0n) is 57.9. The topological polar surface area (TPSA) is 95.9 Å². The number of carbonyl (C=O) groups excluding carboxylic acids is 2. The molecule has 0 spiro atoms. The fourth-order valence-corrected chi connectivity index (χ4v) is 12.6. The van der Waals surface area contributed by atoms with Crippen LogP contribution in [0.3, 0.4) is 0 Å². The summed E-state index contributed by atoms with van der Waals surface area (Å²) in [6, 6.07) is -0.541. The van der Waals surface area contributed by atoms with Gasteiger partial charge in [0.15, 0.2) is 0 Å². The summed E-state index contributed by atoms with van der Waals surface area (Å²) in [7, 11) is 0. The Morgan fingerprint density at radius 1 is 0.329 bits per heavy atom. The quantitative estimate of drug-likeness (QED) is 0.0320. The lowest BCUT2D eigenvalue weighted by molar-refractivity contribution is -0.143. The van der Waals surface area contributed by atoms with E-state index in [0.29, 0.717) is 25.9 Å². The normalized spacial score (nSPS) is 12.6. The third kappa shape index (κ3) is 71.3. The molecule has 85 heavy (non-hydrogen) atoms. The molecule has 0 heterocycles. The van der Waals surface area contributed by atoms with Crippen LogP contribution < -0.4 is 5.32 Å². The fraction of sp³-hybridized carbons (Fsp3) is 0.924. The molecule has 0 bridgehead atoms. The highest BCUT2D eigenvalue weighted by Crippen LogP contribution is 2.20. The van der Waals surface area contributed by atoms with Gasteiger partial charge in [-0.05, 0) is 57.8 Å². The van der Waals surface area contributed by atoms with Crippen molar-refractivity contribution in [2.45, 2.75) is 456 Å². The van der Waals surface area contributed by atoms with Gasteiger partial charge < -0.3 is 20.3 Å². The van der Waals surface area contributed by atoms with E-state index in [1.54, 1.807) is 0 Å². The smallest absolute Gasteiger partial charge is 0.305 e. The second-order valence-electron chi connectivity index (χ2n) is 27.0. The molecule has 0 saturated heterocycles. The van der Waals surface area contributed by atoms with Crippen molar-refractivity contribution in [3.63, 3.8) is 0 Å². The molecule has 0 aliphatic carbocycles. The van der Waals surface area contributed by atoms with E-state index in [2.05, 4.69) is 43.5 Å². The molecule has 0 fully saturated rings. The second kappa shape index (κ2) is 74.8. The first kappa shape index (κ1) is 83.3. The van der Waals surface area contributed by atoms with E-state index in [-0.39, 0.29) is 18.5 Å². The Kier molecular flexibility index (Phi) is 73.3. The van der Waals surface area contributed by atoms with Gasteiger partial charge >= 0.3 is 5.97 Å². The van der Waals surface area contributed by atoms with E-state index < -0.39 is 12.1 Å². The van der Waals surface area contributed by atoms with Crippen molar-refractivity contribution in [3.05, 3.63) is 24.3 Å².